The molecule has 0 bridgehead atoms. The Balaban J connectivity index is 3.34. The van der Waals surface area contributed by atoms with E-state index in [-0.39, 0.29) is 10.8 Å². The number of hydrogen-bond donors (Lipinski definition) is 0. The van der Waals surface area contributed by atoms with Crippen molar-refractivity contribution >= 4 is 0 Å². The Morgan fingerprint density at radius 3 is 2.00 bits per heavy atom. The molecule has 1 nitrogen and oxygen atoms in total. The van der Waals surface area contributed by atoms with Crippen molar-refractivity contribution in [3.05, 3.63) is 35.4 Å². The van der Waals surface area contributed by atoms with Crippen LogP contribution in [0.15, 0.2) is 24.3 Å². The van der Waals surface area contributed by atoms with Crippen LogP contribution in [0, 0.1) is 16.7 Å². The second-order valence-electron chi connectivity index (χ2n) is 5.53. The molecule has 15 heavy (non-hydrogen) atoms. The van der Waals surface area contributed by atoms with Crippen LogP contribution in [0.3, 0.4) is 0 Å². The van der Waals surface area contributed by atoms with Crippen LogP contribution in [-0.4, -0.2) is 0 Å². The second-order valence-corrected chi connectivity index (χ2v) is 5.53. The number of nitriles is 1. The summed E-state index contributed by atoms with van der Waals surface area (Å²) in [7, 11) is 0. The lowest BCUT2D eigenvalue weighted by molar-refractivity contribution is 0.225. The average molecular weight is 201 g/mol. The molecule has 0 atom stereocenters. The van der Waals surface area contributed by atoms with Gasteiger partial charge in [0.1, 0.15) is 0 Å². The molecule has 0 aliphatic carbocycles. The summed E-state index contributed by atoms with van der Waals surface area (Å²) >= 11 is 0. The van der Waals surface area contributed by atoms with Crippen molar-refractivity contribution in [2.45, 2.75) is 40.0 Å². The lowest BCUT2D eigenvalue weighted by atomic mass is 9.64. The first kappa shape index (κ1) is 11.8. The van der Waals surface area contributed by atoms with E-state index in [1.807, 2.05) is 18.2 Å². The van der Waals surface area contributed by atoms with Gasteiger partial charge in [-0.15, -0.1) is 0 Å². The van der Waals surface area contributed by atoms with Crippen molar-refractivity contribution in [3.63, 3.8) is 0 Å². The Labute approximate surface area is 92.7 Å². The Morgan fingerprint density at radius 1 is 1.00 bits per heavy atom. The fourth-order valence-corrected chi connectivity index (χ4v) is 1.53. The molecule has 1 heteroatoms. The molecule has 0 saturated carbocycles. The van der Waals surface area contributed by atoms with Crippen molar-refractivity contribution in [2.75, 3.05) is 0 Å². The molecule has 80 valence electrons. The fraction of sp³-hybridized carbons (Fsp3) is 0.500. The largest absolute Gasteiger partial charge is 0.192 e. The molecular weight excluding hydrogens is 182 g/mol. The van der Waals surface area contributed by atoms with Crippen LogP contribution in [0.5, 0.6) is 0 Å². The monoisotopic (exact) mass is 201 g/mol. The van der Waals surface area contributed by atoms with Gasteiger partial charge in [0.15, 0.2) is 0 Å². The molecule has 0 saturated heterocycles. The lowest BCUT2D eigenvalue weighted by Gasteiger charge is -2.39. The van der Waals surface area contributed by atoms with E-state index in [9.17, 15) is 0 Å². The maximum atomic E-state index is 9.10. The van der Waals surface area contributed by atoms with Crippen molar-refractivity contribution in [3.8, 4) is 6.07 Å². The molecule has 0 aliphatic heterocycles. The van der Waals surface area contributed by atoms with E-state index in [1.165, 1.54) is 0 Å². The van der Waals surface area contributed by atoms with E-state index in [4.69, 9.17) is 5.26 Å². The third kappa shape index (κ3) is 2.04. The van der Waals surface area contributed by atoms with E-state index in [2.05, 4.69) is 46.8 Å². The predicted molar refractivity (Wildman–Crippen MR) is 63.6 cm³/mol. The van der Waals surface area contributed by atoms with E-state index in [0.717, 1.165) is 11.1 Å². The second kappa shape index (κ2) is 3.70. The minimum absolute atomic E-state index is 0.000671. The van der Waals surface area contributed by atoms with Crippen molar-refractivity contribution < 1.29 is 0 Å². The molecular formula is C14H19N. The summed E-state index contributed by atoms with van der Waals surface area (Å²) in [5.74, 6) is 0. The molecule has 0 aliphatic rings. The molecule has 1 aromatic carbocycles. The summed E-state index contributed by atoms with van der Waals surface area (Å²) in [6.07, 6.45) is 0. The van der Waals surface area contributed by atoms with Crippen LogP contribution in [0.1, 0.15) is 45.7 Å². The van der Waals surface area contributed by atoms with Gasteiger partial charge in [0, 0.05) is 0 Å². The molecule has 0 spiro atoms. The Bertz CT molecular complexity index is 389. The van der Waals surface area contributed by atoms with Crippen LogP contribution >= 0.6 is 0 Å². The molecule has 0 fully saturated rings. The van der Waals surface area contributed by atoms with Gasteiger partial charge in [-0.3, -0.25) is 0 Å². The molecule has 0 aromatic heterocycles. The van der Waals surface area contributed by atoms with Gasteiger partial charge in [-0.2, -0.15) is 5.26 Å². The topological polar surface area (TPSA) is 23.8 Å². The number of rotatable bonds is 1. The molecule has 1 aromatic rings. The summed E-state index contributed by atoms with van der Waals surface area (Å²) in [5.41, 5.74) is 2.07. The number of nitrogens with zero attached hydrogens (tertiary/aromatic N) is 1. The highest BCUT2D eigenvalue weighted by molar-refractivity contribution is 5.42. The Hall–Kier alpha value is -1.29. The summed E-state index contributed by atoms with van der Waals surface area (Å²) in [4.78, 5) is 0. The third-order valence-electron chi connectivity index (χ3n) is 3.60. The van der Waals surface area contributed by atoms with Crippen LogP contribution in [-0.2, 0) is 5.41 Å². The first-order chi connectivity index (χ1) is 6.80. The molecule has 0 radical (unpaired) electrons. The molecule has 0 N–H and O–H groups in total. The normalized spacial score (nSPS) is 12.3. The summed E-state index contributed by atoms with van der Waals surface area (Å²) in [6.45, 7) is 11.0. The van der Waals surface area contributed by atoms with Crippen LogP contribution in [0.2, 0.25) is 0 Å². The van der Waals surface area contributed by atoms with Gasteiger partial charge in [-0.05, 0) is 22.5 Å². The molecule has 0 amide bonds. The standard InChI is InChI=1S/C14H19N/c1-13(2,3)14(4,5)12-9-7-6-8-11(12)10-15/h6-9H,1-5H3. The predicted octanol–water partition coefficient (Wildman–Crippen LogP) is 3.88. The molecule has 0 unspecified atom stereocenters. The van der Waals surface area contributed by atoms with Crippen molar-refractivity contribution in [2.24, 2.45) is 5.41 Å². The first-order valence-electron chi connectivity index (χ1n) is 5.30. The summed E-state index contributed by atoms with van der Waals surface area (Å²) in [6, 6.07) is 10.1. The lowest BCUT2D eigenvalue weighted by Crippen LogP contribution is -2.34. The smallest absolute Gasteiger partial charge is 0.0994 e. The molecule has 0 heterocycles. The zero-order chi connectivity index (χ0) is 11.7. The quantitative estimate of drug-likeness (QED) is 0.676. The van der Waals surface area contributed by atoms with Gasteiger partial charge in [-0.25, -0.2) is 0 Å². The van der Waals surface area contributed by atoms with Crippen molar-refractivity contribution in [1.29, 1.82) is 5.26 Å². The van der Waals surface area contributed by atoms with E-state index in [0.29, 0.717) is 0 Å². The number of hydrogen-bond acceptors (Lipinski definition) is 1. The number of benzene rings is 1. The molecule has 1 rings (SSSR count). The zero-order valence-electron chi connectivity index (χ0n) is 10.3. The summed E-state index contributed by atoms with van der Waals surface area (Å²) in [5, 5.41) is 9.10. The maximum Gasteiger partial charge on any atom is 0.0994 e. The van der Waals surface area contributed by atoms with Gasteiger partial charge in [0.2, 0.25) is 0 Å². The van der Waals surface area contributed by atoms with E-state index in [1.54, 1.807) is 0 Å². The zero-order valence-corrected chi connectivity index (χ0v) is 10.3. The summed E-state index contributed by atoms with van der Waals surface area (Å²) < 4.78 is 0. The average Bonchev–Trinajstić information content (AvgIpc) is 2.16. The van der Waals surface area contributed by atoms with Gasteiger partial charge >= 0.3 is 0 Å². The third-order valence-corrected chi connectivity index (χ3v) is 3.60. The fourth-order valence-electron chi connectivity index (χ4n) is 1.53. The Kier molecular flexibility index (Phi) is 2.90. The van der Waals surface area contributed by atoms with Crippen LogP contribution in [0.4, 0.5) is 0 Å². The Morgan fingerprint density at radius 2 is 1.53 bits per heavy atom. The minimum Gasteiger partial charge on any atom is -0.192 e. The highest BCUT2D eigenvalue weighted by Crippen LogP contribution is 2.41. The first-order valence-corrected chi connectivity index (χ1v) is 5.30. The van der Waals surface area contributed by atoms with E-state index < -0.39 is 0 Å². The van der Waals surface area contributed by atoms with Crippen molar-refractivity contribution in [1.82, 2.24) is 0 Å². The van der Waals surface area contributed by atoms with Gasteiger partial charge in [0.05, 0.1) is 11.6 Å². The SMILES string of the molecule is CC(C)(C)C(C)(C)c1ccccc1C#N. The highest BCUT2D eigenvalue weighted by atomic mass is 14.4. The minimum atomic E-state index is -0.000671. The van der Waals surface area contributed by atoms with Gasteiger partial charge in [0.25, 0.3) is 0 Å². The van der Waals surface area contributed by atoms with E-state index >= 15 is 0 Å². The maximum absolute atomic E-state index is 9.10. The van der Waals surface area contributed by atoms with Crippen LogP contribution < -0.4 is 0 Å². The highest BCUT2D eigenvalue weighted by Gasteiger charge is 2.35. The van der Waals surface area contributed by atoms with Gasteiger partial charge < -0.3 is 0 Å². The van der Waals surface area contributed by atoms with Crippen LogP contribution in [0.25, 0.3) is 0 Å². The van der Waals surface area contributed by atoms with Gasteiger partial charge in [-0.1, -0.05) is 52.8 Å².